The molecule has 0 spiro atoms. The third-order valence-electron chi connectivity index (χ3n) is 3.95. The Bertz CT molecular complexity index is 646. The van der Waals surface area contributed by atoms with E-state index in [1.165, 1.54) is 27.8 Å². The average molecular weight is 333 g/mol. The molecule has 0 fully saturated rings. The first-order valence-corrected chi connectivity index (χ1v) is 9.42. The first-order chi connectivity index (χ1) is 12.2. The predicted molar refractivity (Wildman–Crippen MR) is 112 cm³/mol. The molecule has 0 aliphatic carbocycles. The van der Waals surface area contributed by atoms with Crippen molar-refractivity contribution < 1.29 is 0 Å². The summed E-state index contributed by atoms with van der Waals surface area (Å²) in [6, 6.07) is 28.5. The lowest BCUT2D eigenvalue weighted by Crippen LogP contribution is -2.03. The minimum Gasteiger partial charge on any atom is -0.0683 e. The summed E-state index contributed by atoms with van der Waals surface area (Å²) in [6.45, 7) is 12.3. The van der Waals surface area contributed by atoms with Crippen LogP contribution in [0.5, 0.6) is 0 Å². The molecular formula is C25H32. The van der Waals surface area contributed by atoms with Crippen LogP contribution in [0.15, 0.2) is 78.9 Å². The maximum absolute atomic E-state index is 2.24. The topological polar surface area (TPSA) is 0 Å². The van der Waals surface area contributed by atoms with Gasteiger partial charge in [0, 0.05) is 5.92 Å². The van der Waals surface area contributed by atoms with Crippen LogP contribution in [0.3, 0.4) is 0 Å². The minimum absolute atomic E-state index is 0.299. The molecule has 3 aromatic rings. The highest BCUT2D eigenvalue weighted by Crippen LogP contribution is 2.32. The Balaban J connectivity index is 0.000000730. The van der Waals surface area contributed by atoms with E-state index in [9.17, 15) is 0 Å². The van der Waals surface area contributed by atoms with Gasteiger partial charge in [0.25, 0.3) is 0 Å². The molecule has 0 bridgehead atoms. The molecule has 0 amide bonds. The van der Waals surface area contributed by atoms with Gasteiger partial charge in [-0.25, -0.2) is 0 Å². The fraction of sp³-hybridized carbons (Fsp3) is 0.280. The van der Waals surface area contributed by atoms with Crippen molar-refractivity contribution in [3.8, 4) is 0 Å². The van der Waals surface area contributed by atoms with Gasteiger partial charge in [0.1, 0.15) is 0 Å². The summed E-state index contributed by atoms with van der Waals surface area (Å²) in [5.74, 6) is 0.299. The van der Waals surface area contributed by atoms with E-state index in [1.807, 2.05) is 27.7 Å². The van der Waals surface area contributed by atoms with E-state index >= 15 is 0 Å². The molecule has 0 aromatic heterocycles. The second-order valence-electron chi connectivity index (χ2n) is 5.67. The van der Waals surface area contributed by atoms with Gasteiger partial charge in [-0.1, -0.05) is 118 Å². The zero-order valence-electron chi connectivity index (χ0n) is 16.6. The summed E-state index contributed by atoms with van der Waals surface area (Å²) >= 11 is 0. The van der Waals surface area contributed by atoms with Crippen molar-refractivity contribution in [2.75, 3.05) is 0 Å². The van der Waals surface area contributed by atoms with Crippen LogP contribution in [0.2, 0.25) is 0 Å². The van der Waals surface area contributed by atoms with Crippen LogP contribution in [0.4, 0.5) is 0 Å². The van der Waals surface area contributed by atoms with Crippen LogP contribution < -0.4 is 0 Å². The monoisotopic (exact) mass is 332 g/mol. The van der Waals surface area contributed by atoms with Crippen LogP contribution >= 0.6 is 0 Å². The SMILES string of the molecule is CC.CC.Cc1ccc(C(c2ccccc2)c2ccc(C)cc2)cc1. The van der Waals surface area contributed by atoms with Crippen molar-refractivity contribution in [1.29, 1.82) is 0 Å². The number of hydrogen-bond donors (Lipinski definition) is 0. The standard InChI is InChI=1S/C21H20.2C2H6/c1-16-8-12-19(13-9-16)21(18-6-4-3-5-7-18)20-14-10-17(2)11-15-20;2*1-2/h3-15,21H,1-2H3;2*1-2H3. The molecule has 3 aromatic carbocycles. The Kier molecular flexibility index (Phi) is 9.32. The fourth-order valence-electron chi connectivity index (χ4n) is 2.74. The Labute approximate surface area is 154 Å². The van der Waals surface area contributed by atoms with Crippen LogP contribution in [0, 0.1) is 13.8 Å². The van der Waals surface area contributed by atoms with Gasteiger partial charge < -0.3 is 0 Å². The van der Waals surface area contributed by atoms with Gasteiger partial charge in [-0.2, -0.15) is 0 Å². The first-order valence-electron chi connectivity index (χ1n) is 9.42. The molecule has 3 rings (SSSR count). The molecule has 0 aliphatic heterocycles. The highest BCUT2D eigenvalue weighted by atomic mass is 14.2. The summed E-state index contributed by atoms with van der Waals surface area (Å²) in [7, 11) is 0. The molecule has 0 saturated carbocycles. The Morgan fingerprint density at radius 1 is 0.440 bits per heavy atom. The van der Waals surface area contributed by atoms with Crippen LogP contribution in [-0.2, 0) is 0 Å². The molecule has 0 aliphatic rings. The van der Waals surface area contributed by atoms with E-state index in [0.29, 0.717) is 5.92 Å². The Hall–Kier alpha value is -2.34. The summed E-state index contributed by atoms with van der Waals surface area (Å²) in [5, 5.41) is 0. The quantitative estimate of drug-likeness (QED) is 0.435. The van der Waals surface area contributed by atoms with Gasteiger partial charge in [0.15, 0.2) is 0 Å². The van der Waals surface area contributed by atoms with Crippen molar-refractivity contribution in [2.24, 2.45) is 0 Å². The van der Waals surface area contributed by atoms with Gasteiger partial charge in [-0.15, -0.1) is 0 Å². The fourth-order valence-corrected chi connectivity index (χ4v) is 2.74. The minimum atomic E-state index is 0.299. The molecule has 132 valence electrons. The van der Waals surface area contributed by atoms with Crippen molar-refractivity contribution in [3.05, 3.63) is 107 Å². The smallest absolute Gasteiger partial charge is 0.0339 e. The van der Waals surface area contributed by atoms with Crippen LogP contribution in [-0.4, -0.2) is 0 Å². The number of benzene rings is 3. The first kappa shape index (κ1) is 20.7. The third kappa shape index (κ3) is 5.90. The van der Waals surface area contributed by atoms with Gasteiger partial charge in [-0.3, -0.25) is 0 Å². The highest BCUT2D eigenvalue weighted by Gasteiger charge is 2.16. The summed E-state index contributed by atoms with van der Waals surface area (Å²) in [5.41, 5.74) is 6.63. The molecule has 0 heterocycles. The third-order valence-corrected chi connectivity index (χ3v) is 3.95. The maximum atomic E-state index is 2.24. The van der Waals surface area contributed by atoms with E-state index in [0.717, 1.165) is 0 Å². The van der Waals surface area contributed by atoms with E-state index in [1.54, 1.807) is 0 Å². The summed E-state index contributed by atoms with van der Waals surface area (Å²) < 4.78 is 0. The Morgan fingerprint density at radius 2 is 0.760 bits per heavy atom. The lowest BCUT2D eigenvalue weighted by atomic mass is 9.85. The lowest BCUT2D eigenvalue weighted by Gasteiger charge is -2.19. The average Bonchev–Trinajstić information content (AvgIpc) is 2.69. The Morgan fingerprint density at radius 3 is 1.12 bits per heavy atom. The molecule has 0 heteroatoms. The molecule has 0 unspecified atom stereocenters. The van der Waals surface area contributed by atoms with E-state index in [-0.39, 0.29) is 0 Å². The van der Waals surface area contributed by atoms with Crippen molar-refractivity contribution in [2.45, 2.75) is 47.5 Å². The second kappa shape index (κ2) is 11.3. The molecule has 0 nitrogen and oxygen atoms in total. The van der Waals surface area contributed by atoms with Crippen molar-refractivity contribution >= 4 is 0 Å². The number of rotatable bonds is 3. The van der Waals surface area contributed by atoms with Gasteiger partial charge in [0.2, 0.25) is 0 Å². The molecule has 0 radical (unpaired) electrons. The van der Waals surface area contributed by atoms with Crippen molar-refractivity contribution in [1.82, 2.24) is 0 Å². The molecule has 0 atom stereocenters. The number of hydrogen-bond acceptors (Lipinski definition) is 0. The van der Waals surface area contributed by atoms with E-state index in [2.05, 4.69) is 92.7 Å². The molecule has 0 N–H and O–H groups in total. The zero-order chi connectivity index (χ0) is 18.7. The molecule has 0 saturated heterocycles. The van der Waals surface area contributed by atoms with Gasteiger partial charge in [-0.05, 0) is 30.5 Å². The highest BCUT2D eigenvalue weighted by molar-refractivity contribution is 5.44. The summed E-state index contributed by atoms with van der Waals surface area (Å²) in [6.07, 6.45) is 0. The van der Waals surface area contributed by atoms with E-state index < -0.39 is 0 Å². The van der Waals surface area contributed by atoms with Gasteiger partial charge in [0.05, 0.1) is 0 Å². The largest absolute Gasteiger partial charge is 0.0683 e. The normalized spacial score (nSPS) is 9.56. The molecule has 25 heavy (non-hydrogen) atoms. The molecular weight excluding hydrogens is 300 g/mol. The predicted octanol–water partition coefficient (Wildman–Crippen LogP) is 7.54. The summed E-state index contributed by atoms with van der Waals surface area (Å²) in [4.78, 5) is 0. The lowest BCUT2D eigenvalue weighted by molar-refractivity contribution is 0.974. The van der Waals surface area contributed by atoms with Crippen LogP contribution in [0.25, 0.3) is 0 Å². The van der Waals surface area contributed by atoms with E-state index in [4.69, 9.17) is 0 Å². The zero-order valence-corrected chi connectivity index (χ0v) is 16.6. The van der Waals surface area contributed by atoms with Crippen molar-refractivity contribution in [3.63, 3.8) is 0 Å². The number of aryl methyl sites for hydroxylation is 2. The van der Waals surface area contributed by atoms with Gasteiger partial charge >= 0.3 is 0 Å². The second-order valence-corrected chi connectivity index (χ2v) is 5.67. The van der Waals surface area contributed by atoms with Crippen LogP contribution in [0.1, 0.15) is 61.4 Å². The maximum Gasteiger partial charge on any atom is 0.0339 e.